The summed E-state index contributed by atoms with van der Waals surface area (Å²) in [6.45, 7) is 3.84. The van der Waals surface area contributed by atoms with Gasteiger partial charge in [0.05, 0.1) is 0 Å². The summed E-state index contributed by atoms with van der Waals surface area (Å²) in [6, 6.07) is 21.8. The zero-order chi connectivity index (χ0) is 16.9. The van der Waals surface area contributed by atoms with Gasteiger partial charge in [-0.1, -0.05) is 55.5 Å². The summed E-state index contributed by atoms with van der Waals surface area (Å²) in [5.41, 5.74) is 1.88. The average Bonchev–Trinajstić information content (AvgIpc) is 2.62. The minimum absolute atomic E-state index is 0.156. The Bertz CT molecular complexity index is 857. The maximum atomic E-state index is 12.4. The number of amides is 1. The van der Waals surface area contributed by atoms with Gasteiger partial charge in [0, 0.05) is 5.69 Å². The van der Waals surface area contributed by atoms with Crippen molar-refractivity contribution in [1.29, 1.82) is 0 Å². The molecular weight excluding hydrogens is 298 g/mol. The first-order valence-corrected chi connectivity index (χ1v) is 8.21. The number of carbonyl (C=O) groups excluding carboxylic acids is 1. The molecule has 1 amide bonds. The van der Waals surface area contributed by atoms with Crippen molar-refractivity contribution in [2.24, 2.45) is 0 Å². The maximum absolute atomic E-state index is 12.4. The molecule has 0 radical (unpaired) electrons. The number of hydrogen-bond acceptors (Lipinski definition) is 2. The lowest BCUT2D eigenvalue weighted by Gasteiger charge is -2.17. The van der Waals surface area contributed by atoms with Crippen LogP contribution in [0.3, 0.4) is 0 Å². The Hall–Kier alpha value is -2.81. The molecule has 0 bridgehead atoms. The SMILES string of the molecule is CCc1ccccc1O[C@H](C)C(=O)Nc1ccc2ccccc2c1. The number of nitrogens with one attached hydrogen (secondary N) is 1. The number of benzene rings is 3. The van der Waals surface area contributed by atoms with Crippen LogP contribution in [-0.4, -0.2) is 12.0 Å². The largest absolute Gasteiger partial charge is 0.481 e. The number of ether oxygens (including phenoxy) is 1. The lowest BCUT2D eigenvalue weighted by atomic mass is 10.1. The second-order valence-corrected chi connectivity index (χ2v) is 5.77. The van der Waals surface area contributed by atoms with Crippen LogP contribution in [0.5, 0.6) is 5.75 Å². The maximum Gasteiger partial charge on any atom is 0.265 e. The highest BCUT2D eigenvalue weighted by Gasteiger charge is 2.16. The molecule has 1 atom stereocenters. The van der Waals surface area contributed by atoms with E-state index >= 15 is 0 Å². The number of hydrogen-bond donors (Lipinski definition) is 1. The van der Waals surface area contributed by atoms with Crippen LogP contribution in [0.1, 0.15) is 19.4 Å². The van der Waals surface area contributed by atoms with Crippen LogP contribution in [-0.2, 0) is 11.2 Å². The van der Waals surface area contributed by atoms with Gasteiger partial charge in [0.1, 0.15) is 5.75 Å². The molecule has 0 heterocycles. The van der Waals surface area contributed by atoms with E-state index in [2.05, 4.69) is 12.2 Å². The first kappa shape index (κ1) is 16.1. The van der Waals surface area contributed by atoms with Gasteiger partial charge < -0.3 is 10.1 Å². The van der Waals surface area contributed by atoms with Gasteiger partial charge >= 0.3 is 0 Å². The summed E-state index contributed by atoms with van der Waals surface area (Å²) >= 11 is 0. The highest BCUT2D eigenvalue weighted by Crippen LogP contribution is 2.21. The Morgan fingerprint density at radius 1 is 1.00 bits per heavy atom. The van der Waals surface area contributed by atoms with Crippen LogP contribution in [0.4, 0.5) is 5.69 Å². The third-order valence-corrected chi connectivity index (χ3v) is 4.04. The highest BCUT2D eigenvalue weighted by molar-refractivity contribution is 5.96. The van der Waals surface area contributed by atoms with Crippen LogP contribution >= 0.6 is 0 Å². The van der Waals surface area contributed by atoms with Crippen molar-refractivity contribution in [2.45, 2.75) is 26.4 Å². The minimum atomic E-state index is -0.566. The molecule has 0 aliphatic carbocycles. The smallest absolute Gasteiger partial charge is 0.265 e. The fraction of sp³-hybridized carbons (Fsp3) is 0.190. The Morgan fingerprint density at radius 2 is 1.71 bits per heavy atom. The van der Waals surface area contributed by atoms with Crippen LogP contribution < -0.4 is 10.1 Å². The molecule has 24 heavy (non-hydrogen) atoms. The zero-order valence-electron chi connectivity index (χ0n) is 14.0. The van der Waals surface area contributed by atoms with Gasteiger partial charge in [0.2, 0.25) is 0 Å². The summed E-state index contributed by atoms with van der Waals surface area (Å²) < 4.78 is 5.85. The lowest BCUT2D eigenvalue weighted by Crippen LogP contribution is -2.30. The third kappa shape index (κ3) is 3.57. The molecule has 3 nitrogen and oxygen atoms in total. The van der Waals surface area contributed by atoms with Crippen molar-refractivity contribution in [1.82, 2.24) is 0 Å². The van der Waals surface area contributed by atoms with Crippen molar-refractivity contribution in [2.75, 3.05) is 5.32 Å². The summed E-state index contributed by atoms with van der Waals surface area (Å²) in [5.74, 6) is 0.609. The van der Waals surface area contributed by atoms with Gasteiger partial charge in [-0.05, 0) is 47.9 Å². The second-order valence-electron chi connectivity index (χ2n) is 5.77. The highest BCUT2D eigenvalue weighted by atomic mass is 16.5. The van der Waals surface area contributed by atoms with Crippen LogP contribution in [0.15, 0.2) is 66.7 Å². The van der Waals surface area contributed by atoms with Gasteiger partial charge in [-0.25, -0.2) is 0 Å². The Kier molecular flexibility index (Phi) is 4.80. The number of carbonyl (C=O) groups is 1. The molecule has 1 N–H and O–H groups in total. The van der Waals surface area contributed by atoms with Gasteiger partial charge in [-0.15, -0.1) is 0 Å². The summed E-state index contributed by atoms with van der Waals surface area (Å²) in [6.07, 6.45) is 0.305. The van der Waals surface area contributed by atoms with Crippen molar-refractivity contribution in [3.63, 3.8) is 0 Å². The number of fused-ring (bicyclic) bond motifs is 1. The van der Waals surface area contributed by atoms with E-state index in [1.165, 1.54) is 0 Å². The quantitative estimate of drug-likeness (QED) is 0.733. The molecule has 3 rings (SSSR count). The fourth-order valence-corrected chi connectivity index (χ4v) is 2.67. The fourth-order valence-electron chi connectivity index (χ4n) is 2.67. The van der Waals surface area contributed by atoms with E-state index in [9.17, 15) is 4.79 Å². The van der Waals surface area contributed by atoms with E-state index in [0.29, 0.717) is 0 Å². The lowest BCUT2D eigenvalue weighted by molar-refractivity contribution is -0.122. The summed E-state index contributed by atoms with van der Waals surface area (Å²) in [5, 5.41) is 5.17. The summed E-state index contributed by atoms with van der Waals surface area (Å²) in [7, 11) is 0. The molecule has 122 valence electrons. The molecular formula is C21H21NO2. The minimum Gasteiger partial charge on any atom is -0.481 e. The first-order valence-electron chi connectivity index (χ1n) is 8.21. The molecule has 0 fully saturated rings. The van der Waals surface area contributed by atoms with E-state index in [-0.39, 0.29) is 5.91 Å². The second kappa shape index (κ2) is 7.18. The Balaban J connectivity index is 1.71. The molecule has 0 spiro atoms. The molecule has 0 unspecified atom stereocenters. The van der Waals surface area contributed by atoms with E-state index in [4.69, 9.17) is 4.74 Å². The molecule has 0 aliphatic rings. The van der Waals surface area contributed by atoms with Gasteiger partial charge in [0.15, 0.2) is 6.10 Å². The van der Waals surface area contributed by atoms with Crippen LogP contribution in [0.25, 0.3) is 10.8 Å². The predicted molar refractivity (Wildman–Crippen MR) is 98.5 cm³/mol. The van der Waals surface area contributed by atoms with Crippen molar-refractivity contribution in [3.8, 4) is 5.75 Å². The monoisotopic (exact) mass is 319 g/mol. The van der Waals surface area contributed by atoms with Crippen molar-refractivity contribution >= 4 is 22.4 Å². The summed E-state index contributed by atoms with van der Waals surface area (Å²) in [4.78, 5) is 12.4. The number of para-hydroxylation sites is 1. The molecule has 0 aromatic heterocycles. The zero-order valence-corrected chi connectivity index (χ0v) is 14.0. The van der Waals surface area contributed by atoms with Crippen LogP contribution in [0.2, 0.25) is 0 Å². The number of aryl methyl sites for hydroxylation is 1. The molecule has 3 aromatic rings. The molecule has 0 aliphatic heterocycles. The molecule has 3 heteroatoms. The Morgan fingerprint density at radius 3 is 2.50 bits per heavy atom. The van der Waals surface area contributed by atoms with E-state index in [0.717, 1.165) is 34.2 Å². The number of rotatable bonds is 5. The van der Waals surface area contributed by atoms with Gasteiger partial charge in [-0.2, -0.15) is 0 Å². The van der Waals surface area contributed by atoms with Crippen molar-refractivity contribution < 1.29 is 9.53 Å². The normalized spacial score (nSPS) is 11.9. The van der Waals surface area contributed by atoms with Gasteiger partial charge in [0.25, 0.3) is 5.91 Å². The number of anilines is 1. The van der Waals surface area contributed by atoms with E-state index < -0.39 is 6.10 Å². The van der Waals surface area contributed by atoms with E-state index in [1.807, 2.05) is 66.7 Å². The molecule has 0 saturated heterocycles. The van der Waals surface area contributed by atoms with Crippen molar-refractivity contribution in [3.05, 3.63) is 72.3 Å². The van der Waals surface area contributed by atoms with Crippen LogP contribution in [0, 0.1) is 0 Å². The third-order valence-electron chi connectivity index (χ3n) is 4.04. The standard InChI is InChI=1S/C21H21NO2/c1-3-16-8-6-7-11-20(16)24-15(2)21(23)22-19-13-12-17-9-4-5-10-18(17)14-19/h4-15H,3H2,1-2H3,(H,22,23)/t15-/m1/s1. The Labute approximate surface area is 142 Å². The molecule has 3 aromatic carbocycles. The topological polar surface area (TPSA) is 38.3 Å². The predicted octanol–water partition coefficient (Wildman–Crippen LogP) is 4.81. The molecule has 0 saturated carbocycles. The first-order chi connectivity index (χ1) is 11.7. The van der Waals surface area contributed by atoms with Gasteiger partial charge in [-0.3, -0.25) is 4.79 Å². The van der Waals surface area contributed by atoms with E-state index in [1.54, 1.807) is 6.92 Å². The average molecular weight is 319 g/mol.